The van der Waals surface area contributed by atoms with Gasteiger partial charge in [-0.2, -0.15) is 13.2 Å². The number of benzene rings is 1. The fraction of sp³-hybridized carbons (Fsp3) is 0.400. The third kappa shape index (κ3) is 5.18. The summed E-state index contributed by atoms with van der Waals surface area (Å²) < 4.78 is 58.0. The van der Waals surface area contributed by atoms with Gasteiger partial charge in [0, 0.05) is 0 Å². The Hall–Kier alpha value is -1.08. The van der Waals surface area contributed by atoms with Gasteiger partial charge in [-0.15, -0.1) is 0 Å². The molecule has 7 heteroatoms. The van der Waals surface area contributed by atoms with Crippen molar-refractivity contribution in [3.05, 3.63) is 35.4 Å². The van der Waals surface area contributed by atoms with Gasteiger partial charge in [0.1, 0.15) is 0 Å². The summed E-state index contributed by atoms with van der Waals surface area (Å²) in [6.45, 7) is 0. The molecule has 3 nitrogen and oxygen atoms in total. The second-order valence-electron chi connectivity index (χ2n) is 3.67. The number of halogens is 3. The molecule has 0 unspecified atom stereocenters. The Morgan fingerprint density at radius 3 is 2.06 bits per heavy atom. The molecule has 0 aliphatic heterocycles. The van der Waals surface area contributed by atoms with E-state index in [0.29, 0.717) is 18.4 Å². The lowest BCUT2D eigenvalue weighted by atomic mass is 10.1. The monoisotopic (exact) mass is 267 g/mol. The van der Waals surface area contributed by atoms with E-state index in [1.54, 1.807) is 0 Å². The Labute approximate surface area is 97.5 Å². The van der Waals surface area contributed by atoms with Gasteiger partial charge in [0.2, 0.25) is 10.0 Å². The van der Waals surface area contributed by atoms with E-state index in [4.69, 9.17) is 5.14 Å². The van der Waals surface area contributed by atoms with Gasteiger partial charge in [0.15, 0.2) is 0 Å². The van der Waals surface area contributed by atoms with Crippen molar-refractivity contribution >= 4 is 10.0 Å². The predicted molar refractivity (Wildman–Crippen MR) is 57.7 cm³/mol. The van der Waals surface area contributed by atoms with Gasteiger partial charge in [-0.05, 0) is 30.5 Å². The molecule has 0 amide bonds. The first kappa shape index (κ1) is 14.0. The molecule has 2 N–H and O–H groups in total. The highest BCUT2D eigenvalue weighted by atomic mass is 32.2. The van der Waals surface area contributed by atoms with Gasteiger partial charge in [0.25, 0.3) is 0 Å². The highest BCUT2D eigenvalue weighted by molar-refractivity contribution is 7.89. The van der Waals surface area contributed by atoms with Crippen molar-refractivity contribution in [3.63, 3.8) is 0 Å². The van der Waals surface area contributed by atoms with Crippen LogP contribution in [0.3, 0.4) is 0 Å². The molecule has 1 rings (SSSR count). The molecular weight excluding hydrogens is 255 g/mol. The second kappa shape index (κ2) is 5.05. The Morgan fingerprint density at radius 1 is 1.12 bits per heavy atom. The van der Waals surface area contributed by atoms with E-state index in [1.165, 1.54) is 12.1 Å². The largest absolute Gasteiger partial charge is 0.416 e. The lowest BCUT2D eigenvalue weighted by molar-refractivity contribution is -0.137. The average Bonchev–Trinajstić information content (AvgIpc) is 2.15. The van der Waals surface area contributed by atoms with Crippen LogP contribution in [-0.4, -0.2) is 14.2 Å². The third-order valence-corrected chi connectivity index (χ3v) is 3.03. The van der Waals surface area contributed by atoms with E-state index >= 15 is 0 Å². The minimum Gasteiger partial charge on any atom is -0.229 e. The lowest BCUT2D eigenvalue weighted by Gasteiger charge is -2.07. The van der Waals surface area contributed by atoms with Crippen molar-refractivity contribution in [2.24, 2.45) is 5.14 Å². The van der Waals surface area contributed by atoms with E-state index in [0.717, 1.165) is 12.1 Å². The molecule has 0 saturated carbocycles. The van der Waals surface area contributed by atoms with Crippen LogP contribution in [-0.2, 0) is 22.6 Å². The number of hydrogen-bond acceptors (Lipinski definition) is 2. The first-order valence-corrected chi connectivity index (χ1v) is 6.56. The van der Waals surface area contributed by atoms with E-state index in [-0.39, 0.29) is 5.75 Å². The average molecular weight is 267 g/mol. The fourth-order valence-corrected chi connectivity index (χ4v) is 1.88. The van der Waals surface area contributed by atoms with E-state index in [9.17, 15) is 21.6 Å². The molecule has 0 aliphatic carbocycles. The summed E-state index contributed by atoms with van der Waals surface area (Å²) in [5.74, 6) is -0.173. The molecule has 96 valence electrons. The maximum absolute atomic E-state index is 12.2. The van der Waals surface area contributed by atoms with E-state index in [2.05, 4.69) is 0 Å². The first-order chi connectivity index (χ1) is 7.68. The van der Waals surface area contributed by atoms with Crippen molar-refractivity contribution in [2.45, 2.75) is 19.0 Å². The zero-order valence-electron chi connectivity index (χ0n) is 8.87. The molecule has 0 atom stereocenters. The van der Waals surface area contributed by atoms with Crippen LogP contribution in [0.1, 0.15) is 17.5 Å². The van der Waals surface area contributed by atoms with Crippen molar-refractivity contribution in [1.82, 2.24) is 0 Å². The molecule has 0 saturated heterocycles. The van der Waals surface area contributed by atoms with Crippen LogP contribution in [0, 0.1) is 0 Å². The fourth-order valence-electron chi connectivity index (χ4n) is 1.34. The maximum Gasteiger partial charge on any atom is 0.416 e. The number of hydrogen-bond donors (Lipinski definition) is 1. The maximum atomic E-state index is 12.2. The van der Waals surface area contributed by atoms with E-state index in [1.807, 2.05) is 0 Å². The summed E-state index contributed by atoms with van der Waals surface area (Å²) in [6, 6.07) is 4.64. The van der Waals surface area contributed by atoms with Gasteiger partial charge in [-0.1, -0.05) is 12.1 Å². The van der Waals surface area contributed by atoms with E-state index < -0.39 is 21.8 Å². The smallest absolute Gasteiger partial charge is 0.229 e. The van der Waals surface area contributed by atoms with Crippen LogP contribution < -0.4 is 5.14 Å². The molecule has 0 spiro atoms. The highest BCUT2D eigenvalue weighted by Crippen LogP contribution is 2.29. The SMILES string of the molecule is NS(=O)(=O)CCCc1ccc(C(F)(F)F)cc1. The van der Waals surface area contributed by atoms with Crippen molar-refractivity contribution in [3.8, 4) is 0 Å². The minimum absolute atomic E-state index is 0.173. The van der Waals surface area contributed by atoms with Crippen LogP contribution >= 0.6 is 0 Å². The summed E-state index contributed by atoms with van der Waals surface area (Å²) in [6.07, 6.45) is -3.67. The predicted octanol–water partition coefficient (Wildman–Crippen LogP) is 1.93. The molecule has 0 aromatic heterocycles. The molecule has 0 heterocycles. The normalized spacial score (nSPS) is 12.7. The van der Waals surface area contributed by atoms with Gasteiger partial charge in [0.05, 0.1) is 11.3 Å². The zero-order chi connectivity index (χ0) is 13.1. The molecule has 1 aromatic rings. The Morgan fingerprint density at radius 2 is 1.65 bits per heavy atom. The van der Waals surface area contributed by atoms with Gasteiger partial charge in [-0.25, -0.2) is 13.6 Å². The van der Waals surface area contributed by atoms with Crippen LogP contribution in [0.15, 0.2) is 24.3 Å². The van der Waals surface area contributed by atoms with Gasteiger partial charge < -0.3 is 0 Å². The molecule has 17 heavy (non-hydrogen) atoms. The molecular formula is C10H12F3NO2S. The van der Waals surface area contributed by atoms with Crippen molar-refractivity contribution < 1.29 is 21.6 Å². The van der Waals surface area contributed by atoms with Crippen LogP contribution in [0.25, 0.3) is 0 Å². The quantitative estimate of drug-likeness (QED) is 0.906. The molecule has 0 fully saturated rings. The van der Waals surface area contributed by atoms with Gasteiger partial charge >= 0.3 is 6.18 Å². The molecule has 0 bridgehead atoms. The Kier molecular flexibility index (Phi) is 4.16. The number of rotatable bonds is 4. The zero-order valence-corrected chi connectivity index (χ0v) is 9.68. The molecule has 0 radical (unpaired) electrons. The summed E-state index contributed by atoms with van der Waals surface area (Å²) >= 11 is 0. The minimum atomic E-state index is -4.35. The van der Waals surface area contributed by atoms with Crippen molar-refractivity contribution in [2.75, 3.05) is 5.75 Å². The molecule has 1 aromatic carbocycles. The third-order valence-electron chi connectivity index (χ3n) is 2.18. The number of sulfonamides is 1. The first-order valence-electron chi connectivity index (χ1n) is 4.85. The number of aryl methyl sites for hydroxylation is 1. The van der Waals surface area contributed by atoms with Crippen LogP contribution in [0.4, 0.5) is 13.2 Å². The number of primary sulfonamides is 1. The number of alkyl halides is 3. The van der Waals surface area contributed by atoms with Crippen molar-refractivity contribution in [1.29, 1.82) is 0 Å². The van der Waals surface area contributed by atoms with Gasteiger partial charge in [-0.3, -0.25) is 0 Å². The standard InChI is InChI=1S/C10H12F3NO2S/c11-10(12,13)9-5-3-8(4-6-9)2-1-7-17(14,15)16/h3-6H,1-2,7H2,(H2,14,15,16). The second-order valence-corrected chi connectivity index (χ2v) is 5.40. The summed E-state index contributed by atoms with van der Waals surface area (Å²) in [4.78, 5) is 0. The summed E-state index contributed by atoms with van der Waals surface area (Å²) in [5, 5.41) is 4.80. The van der Waals surface area contributed by atoms with Crippen LogP contribution in [0.2, 0.25) is 0 Å². The Balaban J connectivity index is 2.58. The Bertz CT molecular complexity index is 465. The lowest BCUT2D eigenvalue weighted by Crippen LogP contribution is -2.16. The van der Waals surface area contributed by atoms with Crippen LogP contribution in [0.5, 0.6) is 0 Å². The number of nitrogens with two attached hydrogens (primary N) is 1. The molecule has 0 aliphatic rings. The summed E-state index contributed by atoms with van der Waals surface area (Å²) in [5.41, 5.74) is -0.0608. The topological polar surface area (TPSA) is 60.2 Å². The summed E-state index contributed by atoms with van der Waals surface area (Å²) in [7, 11) is -3.51. The highest BCUT2D eigenvalue weighted by Gasteiger charge is 2.29.